The largest absolute Gasteiger partial charge is 0.364 e. The van der Waals surface area contributed by atoms with Crippen LogP contribution >= 0.6 is 11.6 Å². The summed E-state index contributed by atoms with van der Waals surface area (Å²) in [5, 5.41) is 0.228. The zero-order chi connectivity index (χ0) is 8.43. The molecule has 11 heavy (non-hydrogen) atoms. The Labute approximate surface area is 68.4 Å². The lowest BCUT2D eigenvalue weighted by atomic mass is 10.4. The number of hydrogen-bond donors (Lipinski definition) is 1. The van der Waals surface area contributed by atoms with Crippen LogP contribution in [0.5, 0.6) is 0 Å². The molecule has 0 radical (unpaired) electrons. The van der Waals surface area contributed by atoms with E-state index in [2.05, 4.69) is 9.97 Å². The Morgan fingerprint density at radius 3 is 2.73 bits per heavy atom. The summed E-state index contributed by atoms with van der Waals surface area (Å²) in [5.74, 6) is -0.163. The van der Waals surface area contributed by atoms with Crippen LogP contribution < -0.4 is 5.73 Å². The van der Waals surface area contributed by atoms with Gasteiger partial charge in [-0.1, -0.05) is 11.6 Å². The number of nitrogens with two attached hydrogens (primary N) is 1. The predicted molar refractivity (Wildman–Crippen MR) is 40.3 cm³/mol. The Balaban J connectivity index is 3.19. The maximum Gasteiger partial charge on any atom is 0.267 e. The fraction of sp³-hybridized carbons (Fsp3) is 0.167. The third-order valence-electron chi connectivity index (χ3n) is 1.06. The van der Waals surface area contributed by atoms with E-state index < -0.39 is 5.91 Å². The van der Waals surface area contributed by atoms with Crippen molar-refractivity contribution >= 4 is 17.5 Å². The highest BCUT2D eigenvalue weighted by molar-refractivity contribution is 6.29. The van der Waals surface area contributed by atoms with Crippen molar-refractivity contribution in [2.24, 2.45) is 5.73 Å². The first-order valence-electron chi connectivity index (χ1n) is 2.90. The molecule has 0 aliphatic rings. The summed E-state index contributed by atoms with van der Waals surface area (Å²) >= 11 is 5.54. The van der Waals surface area contributed by atoms with Gasteiger partial charge in [0.05, 0.1) is 0 Å². The summed E-state index contributed by atoms with van der Waals surface area (Å²) in [7, 11) is 0. The first-order valence-corrected chi connectivity index (χ1v) is 3.28. The molecule has 2 N–H and O–H groups in total. The third kappa shape index (κ3) is 1.88. The van der Waals surface area contributed by atoms with Crippen molar-refractivity contribution in [2.45, 2.75) is 6.92 Å². The van der Waals surface area contributed by atoms with Crippen LogP contribution in [0.25, 0.3) is 0 Å². The van der Waals surface area contributed by atoms with E-state index in [1.165, 1.54) is 6.07 Å². The smallest absolute Gasteiger partial charge is 0.267 e. The molecule has 0 aromatic carbocycles. The van der Waals surface area contributed by atoms with Crippen LogP contribution in [0, 0.1) is 6.92 Å². The van der Waals surface area contributed by atoms with Gasteiger partial charge in [-0.05, 0) is 6.92 Å². The van der Waals surface area contributed by atoms with Crippen molar-refractivity contribution in [3.05, 3.63) is 22.7 Å². The number of primary amides is 1. The topological polar surface area (TPSA) is 68.9 Å². The Hall–Kier alpha value is -1.16. The molecule has 0 bridgehead atoms. The first-order chi connectivity index (χ1) is 5.09. The number of aryl methyl sites for hydroxylation is 1. The van der Waals surface area contributed by atoms with Crippen LogP contribution in [-0.2, 0) is 0 Å². The molecule has 1 amide bonds. The molecule has 1 rings (SSSR count). The molecular weight excluding hydrogens is 166 g/mol. The lowest BCUT2D eigenvalue weighted by molar-refractivity contribution is 0.0995. The van der Waals surface area contributed by atoms with Gasteiger partial charge < -0.3 is 5.73 Å². The Kier molecular flexibility index (Phi) is 2.05. The average Bonchev–Trinajstić information content (AvgIpc) is 1.85. The summed E-state index contributed by atoms with van der Waals surface area (Å²) in [5.41, 5.74) is 5.10. The van der Waals surface area contributed by atoms with E-state index in [1.807, 2.05) is 0 Å². The summed E-state index contributed by atoms with van der Waals surface area (Å²) < 4.78 is 0. The second-order valence-electron chi connectivity index (χ2n) is 1.99. The predicted octanol–water partition coefficient (Wildman–Crippen LogP) is 0.537. The number of carbonyl (C=O) groups is 1. The highest BCUT2D eigenvalue weighted by Crippen LogP contribution is 2.05. The van der Waals surface area contributed by atoms with Crippen molar-refractivity contribution in [1.29, 1.82) is 0 Å². The van der Waals surface area contributed by atoms with Gasteiger partial charge in [0.25, 0.3) is 5.91 Å². The van der Waals surface area contributed by atoms with E-state index >= 15 is 0 Å². The second kappa shape index (κ2) is 2.84. The molecule has 0 fully saturated rings. The number of hydrogen-bond acceptors (Lipinski definition) is 3. The third-order valence-corrected chi connectivity index (χ3v) is 1.25. The van der Waals surface area contributed by atoms with Gasteiger partial charge in [-0.3, -0.25) is 4.79 Å². The van der Waals surface area contributed by atoms with Crippen molar-refractivity contribution in [2.75, 3.05) is 0 Å². The molecular formula is C6H6ClN3O. The molecule has 1 aromatic heterocycles. The van der Waals surface area contributed by atoms with Crippen LogP contribution in [0.15, 0.2) is 6.07 Å². The molecule has 5 heteroatoms. The van der Waals surface area contributed by atoms with Crippen molar-refractivity contribution in [3.63, 3.8) is 0 Å². The van der Waals surface area contributed by atoms with Gasteiger partial charge in [0.2, 0.25) is 0 Å². The molecule has 0 saturated heterocycles. The number of amides is 1. The standard InChI is InChI=1S/C6H6ClN3O/c1-3-9-4(6(8)11)2-5(7)10-3/h2H,1H3,(H2,8,11). The van der Waals surface area contributed by atoms with Crippen molar-refractivity contribution in [1.82, 2.24) is 9.97 Å². The molecule has 0 unspecified atom stereocenters. The number of rotatable bonds is 1. The van der Waals surface area contributed by atoms with Gasteiger partial charge in [0, 0.05) is 6.07 Å². The zero-order valence-electron chi connectivity index (χ0n) is 5.84. The second-order valence-corrected chi connectivity index (χ2v) is 2.37. The fourth-order valence-corrected chi connectivity index (χ4v) is 0.883. The van der Waals surface area contributed by atoms with Gasteiger partial charge >= 0.3 is 0 Å². The molecule has 0 saturated carbocycles. The van der Waals surface area contributed by atoms with Crippen molar-refractivity contribution < 1.29 is 4.79 Å². The van der Waals surface area contributed by atoms with E-state index in [9.17, 15) is 4.79 Å². The molecule has 0 aliphatic carbocycles. The van der Waals surface area contributed by atoms with Gasteiger partial charge in [-0.15, -0.1) is 0 Å². The molecule has 1 heterocycles. The van der Waals surface area contributed by atoms with E-state index in [-0.39, 0.29) is 10.8 Å². The quantitative estimate of drug-likeness (QED) is 0.627. The number of carbonyl (C=O) groups excluding carboxylic acids is 1. The molecule has 58 valence electrons. The number of halogens is 1. The Bertz CT molecular complexity index is 280. The maximum absolute atomic E-state index is 10.6. The van der Waals surface area contributed by atoms with Gasteiger partial charge in [0.1, 0.15) is 16.7 Å². The summed E-state index contributed by atoms with van der Waals surface area (Å²) in [4.78, 5) is 18.1. The summed E-state index contributed by atoms with van der Waals surface area (Å²) in [6, 6.07) is 1.33. The average molecular weight is 172 g/mol. The number of nitrogens with zero attached hydrogens (tertiary/aromatic N) is 2. The highest BCUT2D eigenvalue weighted by atomic mass is 35.5. The summed E-state index contributed by atoms with van der Waals surface area (Å²) in [6.45, 7) is 1.64. The SMILES string of the molecule is Cc1nc(Cl)cc(C(N)=O)n1. The van der Waals surface area contributed by atoms with Gasteiger partial charge in [0.15, 0.2) is 0 Å². The van der Waals surface area contributed by atoms with E-state index in [4.69, 9.17) is 17.3 Å². The molecule has 0 atom stereocenters. The van der Waals surface area contributed by atoms with Crippen LogP contribution in [0.3, 0.4) is 0 Å². The molecule has 1 aromatic rings. The Morgan fingerprint density at radius 2 is 2.27 bits per heavy atom. The van der Waals surface area contributed by atoms with Crippen LogP contribution in [0.4, 0.5) is 0 Å². The van der Waals surface area contributed by atoms with Crippen LogP contribution in [0.2, 0.25) is 5.15 Å². The van der Waals surface area contributed by atoms with E-state index in [1.54, 1.807) is 6.92 Å². The highest BCUT2D eigenvalue weighted by Gasteiger charge is 2.04. The van der Waals surface area contributed by atoms with Gasteiger partial charge in [-0.25, -0.2) is 9.97 Å². The summed E-state index contributed by atoms with van der Waals surface area (Å²) in [6.07, 6.45) is 0. The van der Waals surface area contributed by atoms with Gasteiger partial charge in [-0.2, -0.15) is 0 Å². The molecule has 0 aliphatic heterocycles. The van der Waals surface area contributed by atoms with Crippen LogP contribution in [0.1, 0.15) is 16.3 Å². The first kappa shape index (κ1) is 7.94. The monoisotopic (exact) mass is 171 g/mol. The van der Waals surface area contributed by atoms with Crippen molar-refractivity contribution in [3.8, 4) is 0 Å². The fourth-order valence-electron chi connectivity index (χ4n) is 0.657. The zero-order valence-corrected chi connectivity index (χ0v) is 6.59. The maximum atomic E-state index is 10.6. The Morgan fingerprint density at radius 1 is 1.64 bits per heavy atom. The lowest BCUT2D eigenvalue weighted by Gasteiger charge is -1.96. The van der Waals surface area contributed by atoms with E-state index in [0.717, 1.165) is 0 Å². The minimum atomic E-state index is -0.600. The van der Waals surface area contributed by atoms with Crippen LogP contribution in [-0.4, -0.2) is 15.9 Å². The minimum absolute atomic E-state index is 0.141. The normalized spacial score (nSPS) is 9.64. The number of aromatic nitrogens is 2. The molecule has 0 spiro atoms. The molecule has 4 nitrogen and oxygen atoms in total. The van der Waals surface area contributed by atoms with E-state index in [0.29, 0.717) is 5.82 Å². The minimum Gasteiger partial charge on any atom is -0.364 e. The lowest BCUT2D eigenvalue weighted by Crippen LogP contribution is -2.14.